The molecule has 0 spiro atoms. The summed E-state index contributed by atoms with van der Waals surface area (Å²) in [6.45, 7) is 2.09. The summed E-state index contributed by atoms with van der Waals surface area (Å²) in [6.07, 6.45) is 2.12. The molecule has 0 radical (unpaired) electrons. The Bertz CT molecular complexity index is 614. The molecule has 2 heteroatoms. The summed E-state index contributed by atoms with van der Waals surface area (Å²) >= 11 is 3.62. The predicted molar refractivity (Wildman–Crippen MR) is 74.5 cm³/mol. The van der Waals surface area contributed by atoms with Crippen LogP contribution in [-0.2, 0) is 0 Å². The van der Waals surface area contributed by atoms with Crippen molar-refractivity contribution in [2.45, 2.75) is 6.92 Å². The van der Waals surface area contributed by atoms with Gasteiger partial charge in [-0.2, -0.15) is 0 Å². The average Bonchev–Trinajstić information content (AvgIpc) is 2.47. The Kier molecular flexibility index (Phi) is 2.52. The molecule has 0 saturated carbocycles. The lowest BCUT2D eigenvalue weighted by Gasteiger charge is -2.09. The van der Waals surface area contributed by atoms with Crippen LogP contribution in [0.5, 0.6) is 11.5 Å². The van der Waals surface area contributed by atoms with Crippen molar-refractivity contribution in [3.8, 4) is 11.5 Å². The number of ether oxygens (including phenoxy) is 1. The van der Waals surface area contributed by atoms with Gasteiger partial charge in [0.25, 0.3) is 0 Å². The number of fused-ring (bicyclic) bond motifs is 2. The molecule has 1 nitrogen and oxygen atoms in total. The van der Waals surface area contributed by atoms with Crippen LogP contribution in [0.25, 0.3) is 10.6 Å². The van der Waals surface area contributed by atoms with Gasteiger partial charge in [0, 0.05) is 15.6 Å². The summed E-state index contributed by atoms with van der Waals surface area (Å²) in [5.74, 6) is 1.80. The summed E-state index contributed by atoms with van der Waals surface area (Å²) in [5.41, 5.74) is 3.44. The SMILES string of the molecule is Cc1cccc2c1C=C(Br)c1ccccc1O2. The molecular formula is C15H11BrO. The fraction of sp³-hybridized carbons (Fsp3) is 0.0667. The second-order valence-electron chi connectivity index (χ2n) is 4.08. The van der Waals surface area contributed by atoms with Gasteiger partial charge in [-0.1, -0.05) is 46.3 Å². The molecule has 0 N–H and O–H groups in total. The van der Waals surface area contributed by atoms with E-state index in [-0.39, 0.29) is 0 Å². The van der Waals surface area contributed by atoms with Gasteiger partial charge in [0.1, 0.15) is 11.5 Å². The number of halogens is 1. The smallest absolute Gasteiger partial charge is 0.135 e. The second-order valence-corrected chi connectivity index (χ2v) is 4.93. The zero-order chi connectivity index (χ0) is 11.8. The normalized spacial score (nSPS) is 12.9. The molecule has 2 aromatic rings. The zero-order valence-corrected chi connectivity index (χ0v) is 11.0. The molecule has 17 heavy (non-hydrogen) atoms. The van der Waals surface area contributed by atoms with E-state index in [9.17, 15) is 0 Å². The quantitative estimate of drug-likeness (QED) is 0.663. The lowest BCUT2D eigenvalue weighted by Crippen LogP contribution is -1.88. The van der Waals surface area contributed by atoms with Crippen LogP contribution in [-0.4, -0.2) is 0 Å². The summed E-state index contributed by atoms with van der Waals surface area (Å²) < 4.78 is 7.03. The third-order valence-electron chi connectivity index (χ3n) is 2.92. The molecule has 0 aromatic heterocycles. The fourth-order valence-electron chi connectivity index (χ4n) is 2.00. The number of aryl methyl sites for hydroxylation is 1. The van der Waals surface area contributed by atoms with Crippen LogP contribution in [0.2, 0.25) is 0 Å². The Morgan fingerprint density at radius 1 is 0.941 bits per heavy atom. The van der Waals surface area contributed by atoms with Crippen molar-refractivity contribution < 1.29 is 4.74 Å². The van der Waals surface area contributed by atoms with Crippen LogP contribution in [0.15, 0.2) is 42.5 Å². The third kappa shape index (κ3) is 1.79. The van der Waals surface area contributed by atoms with E-state index in [1.807, 2.05) is 30.3 Å². The first-order valence-corrected chi connectivity index (χ1v) is 6.29. The summed E-state index contributed by atoms with van der Waals surface area (Å²) in [7, 11) is 0. The van der Waals surface area contributed by atoms with Crippen LogP contribution >= 0.6 is 15.9 Å². The molecule has 0 atom stereocenters. The highest BCUT2D eigenvalue weighted by Gasteiger charge is 2.15. The maximum Gasteiger partial charge on any atom is 0.135 e. The first-order valence-electron chi connectivity index (χ1n) is 5.50. The van der Waals surface area contributed by atoms with Crippen LogP contribution < -0.4 is 4.74 Å². The van der Waals surface area contributed by atoms with Crippen molar-refractivity contribution >= 4 is 26.5 Å². The molecular weight excluding hydrogens is 276 g/mol. The van der Waals surface area contributed by atoms with Crippen molar-refractivity contribution in [1.82, 2.24) is 0 Å². The van der Waals surface area contributed by atoms with Gasteiger partial charge in [-0.3, -0.25) is 0 Å². The Morgan fingerprint density at radius 3 is 2.59 bits per heavy atom. The molecule has 0 bridgehead atoms. The molecule has 0 aliphatic carbocycles. The van der Waals surface area contributed by atoms with E-state index in [0.717, 1.165) is 27.1 Å². The molecule has 0 unspecified atom stereocenters. The number of rotatable bonds is 0. The first kappa shape index (κ1) is 10.6. The summed E-state index contributed by atoms with van der Waals surface area (Å²) in [5, 5.41) is 0. The highest BCUT2D eigenvalue weighted by Crippen LogP contribution is 2.40. The minimum absolute atomic E-state index is 0.889. The molecule has 1 aliphatic heterocycles. The Morgan fingerprint density at radius 2 is 1.71 bits per heavy atom. The molecule has 0 saturated heterocycles. The third-order valence-corrected chi connectivity index (χ3v) is 3.58. The molecule has 0 fully saturated rings. The van der Waals surface area contributed by atoms with E-state index < -0.39 is 0 Å². The maximum absolute atomic E-state index is 5.97. The van der Waals surface area contributed by atoms with Gasteiger partial charge in [0.05, 0.1) is 0 Å². The lowest BCUT2D eigenvalue weighted by molar-refractivity contribution is 0.481. The fourth-order valence-corrected chi connectivity index (χ4v) is 2.56. The Balaban J connectivity index is 2.28. The number of para-hydroxylation sites is 1. The molecule has 0 amide bonds. The summed E-state index contributed by atoms with van der Waals surface area (Å²) in [6, 6.07) is 14.2. The van der Waals surface area contributed by atoms with Crippen molar-refractivity contribution in [2.24, 2.45) is 0 Å². The number of hydrogen-bond donors (Lipinski definition) is 0. The van der Waals surface area contributed by atoms with Gasteiger partial charge in [-0.25, -0.2) is 0 Å². The number of hydrogen-bond acceptors (Lipinski definition) is 1. The maximum atomic E-state index is 5.97. The van der Waals surface area contributed by atoms with E-state index in [1.165, 1.54) is 5.56 Å². The molecule has 2 aromatic carbocycles. The lowest BCUT2D eigenvalue weighted by atomic mass is 10.1. The molecule has 3 rings (SSSR count). The van der Waals surface area contributed by atoms with Gasteiger partial charge in [-0.15, -0.1) is 0 Å². The van der Waals surface area contributed by atoms with Crippen LogP contribution in [0.3, 0.4) is 0 Å². The van der Waals surface area contributed by atoms with Crippen molar-refractivity contribution in [3.63, 3.8) is 0 Å². The number of benzene rings is 2. The molecule has 84 valence electrons. The van der Waals surface area contributed by atoms with Crippen molar-refractivity contribution in [1.29, 1.82) is 0 Å². The zero-order valence-electron chi connectivity index (χ0n) is 9.41. The largest absolute Gasteiger partial charge is 0.456 e. The minimum atomic E-state index is 0.889. The standard InChI is InChI=1S/C15H11BrO/c1-10-5-4-8-15-12(10)9-13(16)11-6-2-3-7-14(11)17-15/h2-9H,1H3. The minimum Gasteiger partial charge on any atom is -0.456 e. The van der Waals surface area contributed by atoms with Crippen LogP contribution in [0, 0.1) is 6.92 Å². The van der Waals surface area contributed by atoms with E-state index >= 15 is 0 Å². The molecule has 1 heterocycles. The highest BCUT2D eigenvalue weighted by atomic mass is 79.9. The van der Waals surface area contributed by atoms with Crippen molar-refractivity contribution in [3.05, 3.63) is 59.2 Å². The topological polar surface area (TPSA) is 9.23 Å². The predicted octanol–water partition coefficient (Wildman–Crippen LogP) is 4.99. The van der Waals surface area contributed by atoms with Gasteiger partial charge < -0.3 is 4.74 Å². The average molecular weight is 287 g/mol. The van der Waals surface area contributed by atoms with Gasteiger partial charge >= 0.3 is 0 Å². The summed E-state index contributed by atoms with van der Waals surface area (Å²) in [4.78, 5) is 0. The first-order chi connectivity index (χ1) is 8.25. The molecule has 1 aliphatic rings. The van der Waals surface area contributed by atoms with E-state index in [0.29, 0.717) is 0 Å². The monoisotopic (exact) mass is 286 g/mol. The van der Waals surface area contributed by atoms with Gasteiger partial charge in [0.15, 0.2) is 0 Å². The van der Waals surface area contributed by atoms with Crippen LogP contribution in [0.1, 0.15) is 16.7 Å². The highest BCUT2D eigenvalue weighted by molar-refractivity contribution is 9.15. The van der Waals surface area contributed by atoms with Crippen molar-refractivity contribution in [2.75, 3.05) is 0 Å². The van der Waals surface area contributed by atoms with E-state index in [4.69, 9.17) is 4.74 Å². The van der Waals surface area contributed by atoms with Gasteiger partial charge in [0.2, 0.25) is 0 Å². The second kappa shape index (κ2) is 4.04. The van der Waals surface area contributed by atoms with E-state index in [1.54, 1.807) is 0 Å². The van der Waals surface area contributed by atoms with Gasteiger partial charge in [-0.05, 0) is 30.7 Å². The van der Waals surface area contributed by atoms with Crippen LogP contribution in [0.4, 0.5) is 0 Å². The Hall–Kier alpha value is -1.54. The Labute approximate surface area is 109 Å². The van der Waals surface area contributed by atoms with E-state index in [2.05, 4.69) is 41.1 Å².